The average molecular weight is 388 g/mol. The Labute approximate surface area is 166 Å². The number of nitriles is 3. The Kier molecular flexibility index (Phi) is 3.91. The van der Waals surface area contributed by atoms with Crippen LogP contribution in [-0.4, -0.2) is 13.0 Å². The van der Waals surface area contributed by atoms with Gasteiger partial charge in [-0.15, -0.1) is 0 Å². The van der Waals surface area contributed by atoms with Crippen molar-refractivity contribution >= 4 is 5.90 Å². The predicted molar refractivity (Wildman–Crippen MR) is 96.9 cm³/mol. The molecule has 1 aromatic heterocycles. The lowest BCUT2D eigenvalue weighted by atomic mass is 9.53. The standard InChI is InChI=1S/C21H16N4O4/c1-13-20(12-24)18(25)29-21(13,15-3-5-16(26-2)6-4-15)28-17(14-7-8-27-9-14)19(20,10-22)11-23/h3-9,13,17,25H,1-2H3. The van der Waals surface area contributed by atoms with E-state index in [4.69, 9.17) is 24.0 Å². The molecule has 1 N–H and O–H groups in total. The molecule has 4 rings (SSSR count). The van der Waals surface area contributed by atoms with Gasteiger partial charge in [0, 0.05) is 11.1 Å². The summed E-state index contributed by atoms with van der Waals surface area (Å²) in [5, 5.41) is 38.9. The van der Waals surface area contributed by atoms with E-state index in [1.807, 2.05) is 12.1 Å². The highest BCUT2D eigenvalue weighted by molar-refractivity contribution is 5.89. The van der Waals surface area contributed by atoms with Gasteiger partial charge in [-0.2, -0.15) is 15.8 Å². The minimum absolute atomic E-state index is 0.413. The Morgan fingerprint density at radius 1 is 1.07 bits per heavy atom. The van der Waals surface area contributed by atoms with Gasteiger partial charge in [-0.3, -0.25) is 5.41 Å². The lowest BCUT2D eigenvalue weighted by molar-refractivity contribution is -0.288. The molecule has 29 heavy (non-hydrogen) atoms. The Bertz CT molecular complexity index is 1080. The first-order valence-electron chi connectivity index (χ1n) is 8.82. The number of furan rings is 1. The molecule has 8 heteroatoms. The van der Waals surface area contributed by atoms with Gasteiger partial charge in [0.15, 0.2) is 5.41 Å². The van der Waals surface area contributed by atoms with Crippen molar-refractivity contribution in [2.75, 3.05) is 7.11 Å². The molecule has 2 saturated heterocycles. The topological polar surface area (TPSA) is 136 Å². The minimum Gasteiger partial charge on any atom is -0.497 e. The van der Waals surface area contributed by atoms with Crippen molar-refractivity contribution in [2.45, 2.75) is 18.8 Å². The van der Waals surface area contributed by atoms with E-state index in [-0.39, 0.29) is 0 Å². The van der Waals surface area contributed by atoms with Crippen LogP contribution in [0.1, 0.15) is 24.2 Å². The number of nitrogens with one attached hydrogen (secondary N) is 1. The smallest absolute Gasteiger partial charge is 0.244 e. The molecule has 4 atom stereocenters. The van der Waals surface area contributed by atoms with E-state index in [0.717, 1.165) is 0 Å². The monoisotopic (exact) mass is 388 g/mol. The van der Waals surface area contributed by atoms with Gasteiger partial charge in [-0.05, 0) is 30.3 Å². The Hall–Kier alpha value is -3.80. The van der Waals surface area contributed by atoms with Crippen LogP contribution in [0.5, 0.6) is 5.75 Å². The SMILES string of the molecule is COc1ccc(C23OC(=N)C(C#N)(C2C)C(C#N)(C#N)C(c2ccoc2)O3)cc1. The summed E-state index contributed by atoms with van der Waals surface area (Å²) in [4.78, 5) is 0. The molecule has 2 fully saturated rings. The van der Waals surface area contributed by atoms with Crippen molar-refractivity contribution in [1.82, 2.24) is 0 Å². The van der Waals surface area contributed by atoms with Crippen LogP contribution >= 0.6 is 0 Å². The Balaban J connectivity index is 2.00. The molecule has 0 aliphatic carbocycles. The first-order chi connectivity index (χ1) is 14.0. The van der Waals surface area contributed by atoms with Crippen molar-refractivity contribution in [3.05, 3.63) is 54.0 Å². The van der Waals surface area contributed by atoms with Crippen LogP contribution in [0.3, 0.4) is 0 Å². The summed E-state index contributed by atoms with van der Waals surface area (Å²) >= 11 is 0. The molecular weight excluding hydrogens is 372 g/mol. The molecule has 4 unspecified atom stereocenters. The molecule has 2 bridgehead atoms. The molecular formula is C21H16N4O4. The molecule has 0 saturated carbocycles. The number of ether oxygens (including phenoxy) is 3. The fourth-order valence-electron chi connectivity index (χ4n) is 4.42. The predicted octanol–water partition coefficient (Wildman–Crippen LogP) is 3.40. The van der Waals surface area contributed by atoms with E-state index in [1.54, 1.807) is 44.4 Å². The number of fused-ring (bicyclic) bond motifs is 2. The van der Waals surface area contributed by atoms with Crippen molar-refractivity contribution in [2.24, 2.45) is 16.7 Å². The van der Waals surface area contributed by atoms with Crippen molar-refractivity contribution in [1.29, 1.82) is 21.2 Å². The number of hydrogen-bond donors (Lipinski definition) is 1. The van der Waals surface area contributed by atoms with Gasteiger partial charge in [0.1, 0.15) is 11.9 Å². The summed E-state index contributed by atoms with van der Waals surface area (Å²) in [7, 11) is 1.54. The third-order valence-electron chi connectivity index (χ3n) is 6.01. The van der Waals surface area contributed by atoms with Crippen LogP contribution in [-0.2, 0) is 15.3 Å². The molecule has 0 radical (unpaired) electrons. The third kappa shape index (κ3) is 2.00. The lowest BCUT2D eigenvalue weighted by Gasteiger charge is -2.48. The van der Waals surface area contributed by atoms with E-state index >= 15 is 0 Å². The van der Waals surface area contributed by atoms with E-state index in [1.165, 1.54) is 12.5 Å². The van der Waals surface area contributed by atoms with Crippen LogP contribution in [0, 0.1) is 56.2 Å². The quantitative estimate of drug-likeness (QED) is 0.851. The van der Waals surface area contributed by atoms with Crippen molar-refractivity contribution in [3.63, 3.8) is 0 Å². The molecule has 3 heterocycles. The fourth-order valence-corrected chi connectivity index (χ4v) is 4.42. The summed E-state index contributed by atoms with van der Waals surface area (Å²) in [5.41, 5.74) is -2.88. The fraction of sp³-hybridized carbons (Fsp3) is 0.333. The normalized spacial score (nSPS) is 31.8. The van der Waals surface area contributed by atoms with Crippen molar-refractivity contribution < 1.29 is 18.6 Å². The number of nitrogens with zero attached hydrogens (tertiary/aromatic N) is 3. The zero-order valence-corrected chi connectivity index (χ0v) is 15.7. The maximum atomic E-state index is 10.2. The van der Waals surface area contributed by atoms with Gasteiger partial charge < -0.3 is 18.6 Å². The van der Waals surface area contributed by atoms with E-state index in [2.05, 4.69) is 6.07 Å². The van der Waals surface area contributed by atoms with Gasteiger partial charge in [-0.1, -0.05) is 6.92 Å². The third-order valence-corrected chi connectivity index (χ3v) is 6.01. The zero-order chi connectivity index (χ0) is 20.9. The highest BCUT2D eigenvalue weighted by atomic mass is 16.7. The lowest BCUT2D eigenvalue weighted by Crippen LogP contribution is -2.57. The van der Waals surface area contributed by atoms with E-state index in [0.29, 0.717) is 16.9 Å². The molecule has 2 aliphatic heterocycles. The number of hydrogen-bond acceptors (Lipinski definition) is 8. The maximum absolute atomic E-state index is 10.2. The van der Waals surface area contributed by atoms with Gasteiger partial charge >= 0.3 is 0 Å². The second-order valence-corrected chi connectivity index (χ2v) is 7.05. The zero-order valence-electron chi connectivity index (χ0n) is 15.7. The van der Waals surface area contributed by atoms with Crippen LogP contribution < -0.4 is 4.74 Å². The van der Waals surface area contributed by atoms with Crippen molar-refractivity contribution in [3.8, 4) is 24.0 Å². The highest BCUT2D eigenvalue weighted by Gasteiger charge is 2.79. The number of benzene rings is 1. The first kappa shape index (κ1) is 18.6. The van der Waals surface area contributed by atoms with E-state index < -0.39 is 34.5 Å². The first-order valence-corrected chi connectivity index (χ1v) is 8.82. The van der Waals surface area contributed by atoms with Crippen LogP contribution in [0.2, 0.25) is 0 Å². The second kappa shape index (κ2) is 6.10. The number of methoxy groups -OCH3 is 1. The molecule has 8 nitrogen and oxygen atoms in total. The largest absolute Gasteiger partial charge is 0.497 e. The molecule has 2 aliphatic rings. The summed E-state index contributed by atoms with van der Waals surface area (Å²) in [6, 6.07) is 14.5. The van der Waals surface area contributed by atoms with Crippen LogP contribution in [0.4, 0.5) is 0 Å². The van der Waals surface area contributed by atoms with Gasteiger partial charge in [0.2, 0.25) is 17.1 Å². The average Bonchev–Trinajstić information content (AvgIpc) is 3.33. The molecule has 0 spiro atoms. The van der Waals surface area contributed by atoms with Gasteiger partial charge in [0.05, 0.1) is 43.8 Å². The summed E-state index contributed by atoms with van der Waals surface area (Å²) in [5.74, 6) is -2.19. The molecule has 2 aromatic rings. The summed E-state index contributed by atoms with van der Waals surface area (Å²) in [6.45, 7) is 1.66. The summed E-state index contributed by atoms with van der Waals surface area (Å²) in [6.07, 6.45) is 1.58. The second-order valence-electron chi connectivity index (χ2n) is 7.05. The van der Waals surface area contributed by atoms with E-state index in [9.17, 15) is 15.8 Å². The van der Waals surface area contributed by atoms with Crippen LogP contribution in [0.15, 0.2) is 47.3 Å². The molecule has 1 aromatic carbocycles. The summed E-state index contributed by atoms with van der Waals surface area (Å²) < 4.78 is 22.5. The Morgan fingerprint density at radius 2 is 1.76 bits per heavy atom. The van der Waals surface area contributed by atoms with Gasteiger partial charge in [0.25, 0.3) is 0 Å². The maximum Gasteiger partial charge on any atom is 0.244 e. The number of rotatable bonds is 3. The molecule has 0 amide bonds. The Morgan fingerprint density at radius 3 is 2.28 bits per heavy atom. The molecule has 144 valence electrons. The highest BCUT2D eigenvalue weighted by Crippen LogP contribution is 2.68. The minimum atomic E-state index is -2.01. The van der Waals surface area contributed by atoms with Crippen LogP contribution in [0.25, 0.3) is 0 Å². The van der Waals surface area contributed by atoms with Gasteiger partial charge in [-0.25, -0.2) is 0 Å².